The normalized spacial score (nSPS) is 11.0. The molecule has 0 unspecified atom stereocenters. The van der Waals surface area contributed by atoms with Gasteiger partial charge in [0.2, 0.25) is 0 Å². The van der Waals surface area contributed by atoms with Crippen LogP contribution in [0.15, 0.2) is 84.0 Å². The van der Waals surface area contributed by atoms with Crippen LogP contribution in [-0.4, -0.2) is 22.0 Å². The van der Waals surface area contributed by atoms with E-state index in [4.69, 9.17) is 11.6 Å². The first kappa shape index (κ1) is 20.2. The number of hydrogen-bond donors (Lipinski definition) is 1. The first-order valence-corrected chi connectivity index (χ1v) is 9.62. The second-order valence-corrected chi connectivity index (χ2v) is 7.07. The molecule has 1 aromatic heterocycles. The summed E-state index contributed by atoms with van der Waals surface area (Å²) in [6.07, 6.45) is 1.36. The second-order valence-electron chi connectivity index (χ2n) is 6.63. The maximum Gasteiger partial charge on any atom is 0.272 e. The molecule has 0 spiro atoms. The SMILES string of the molecule is O=C(N/N=C\c1cccc([N+](=O)[O-])c1)c1cc(-c2ccc(Cl)cc2)nc2ccccc12. The van der Waals surface area contributed by atoms with E-state index in [0.717, 1.165) is 5.56 Å². The first-order chi connectivity index (χ1) is 15.0. The van der Waals surface area contributed by atoms with Crippen LogP contribution in [0.4, 0.5) is 5.69 Å². The lowest BCUT2D eigenvalue weighted by Crippen LogP contribution is -2.18. The molecule has 4 aromatic rings. The standard InChI is InChI=1S/C23H15ClN4O3/c24-17-10-8-16(9-11-17)22-13-20(19-6-1-2-7-21(19)26-22)23(29)27-25-14-15-4-3-5-18(12-15)28(30)31/h1-14H,(H,27,29)/b25-14-. The number of nitrogens with zero attached hydrogens (tertiary/aromatic N) is 3. The van der Waals surface area contributed by atoms with Crippen LogP contribution in [-0.2, 0) is 0 Å². The molecule has 0 saturated heterocycles. The molecule has 1 N–H and O–H groups in total. The van der Waals surface area contributed by atoms with E-state index in [9.17, 15) is 14.9 Å². The number of nitro benzene ring substituents is 1. The van der Waals surface area contributed by atoms with Gasteiger partial charge in [0, 0.05) is 33.7 Å². The quantitative estimate of drug-likeness (QED) is 0.266. The third-order valence-corrected chi connectivity index (χ3v) is 4.81. The predicted molar refractivity (Wildman–Crippen MR) is 120 cm³/mol. The number of non-ortho nitro benzene ring substituents is 1. The van der Waals surface area contributed by atoms with Crippen LogP contribution in [0, 0.1) is 10.1 Å². The van der Waals surface area contributed by atoms with Crippen molar-refractivity contribution in [3.63, 3.8) is 0 Å². The van der Waals surface area contributed by atoms with E-state index >= 15 is 0 Å². The van der Waals surface area contributed by atoms with E-state index < -0.39 is 10.8 Å². The lowest BCUT2D eigenvalue weighted by molar-refractivity contribution is -0.384. The highest BCUT2D eigenvalue weighted by molar-refractivity contribution is 6.30. The Morgan fingerprint density at radius 3 is 2.58 bits per heavy atom. The lowest BCUT2D eigenvalue weighted by Gasteiger charge is -2.09. The smallest absolute Gasteiger partial charge is 0.267 e. The van der Waals surface area contributed by atoms with Crippen molar-refractivity contribution >= 4 is 40.3 Å². The van der Waals surface area contributed by atoms with Gasteiger partial charge in [-0.15, -0.1) is 0 Å². The van der Waals surface area contributed by atoms with E-state index in [2.05, 4.69) is 15.5 Å². The number of hydrogen-bond acceptors (Lipinski definition) is 5. The van der Waals surface area contributed by atoms with Crippen LogP contribution < -0.4 is 5.43 Å². The van der Waals surface area contributed by atoms with E-state index in [1.807, 2.05) is 36.4 Å². The minimum atomic E-state index is -0.489. The van der Waals surface area contributed by atoms with Crippen molar-refractivity contribution in [2.45, 2.75) is 0 Å². The summed E-state index contributed by atoms with van der Waals surface area (Å²) in [5, 5.41) is 16.1. The first-order valence-electron chi connectivity index (χ1n) is 9.25. The number of fused-ring (bicyclic) bond motifs is 1. The Morgan fingerprint density at radius 1 is 1.03 bits per heavy atom. The molecule has 4 rings (SSSR count). The molecule has 31 heavy (non-hydrogen) atoms. The average Bonchev–Trinajstić information content (AvgIpc) is 2.79. The summed E-state index contributed by atoms with van der Waals surface area (Å²) < 4.78 is 0. The monoisotopic (exact) mass is 430 g/mol. The molecule has 7 nitrogen and oxygen atoms in total. The van der Waals surface area contributed by atoms with E-state index in [-0.39, 0.29) is 5.69 Å². The van der Waals surface area contributed by atoms with Crippen molar-refractivity contribution < 1.29 is 9.72 Å². The van der Waals surface area contributed by atoms with Gasteiger partial charge in [0.15, 0.2) is 0 Å². The highest BCUT2D eigenvalue weighted by Crippen LogP contribution is 2.26. The number of aromatic nitrogens is 1. The number of hydrazone groups is 1. The van der Waals surface area contributed by atoms with Gasteiger partial charge in [0.1, 0.15) is 0 Å². The van der Waals surface area contributed by atoms with Crippen molar-refractivity contribution in [3.05, 3.63) is 105 Å². The molecule has 8 heteroatoms. The van der Waals surface area contributed by atoms with Crippen molar-refractivity contribution in [2.75, 3.05) is 0 Å². The Kier molecular flexibility index (Phi) is 5.68. The van der Waals surface area contributed by atoms with Gasteiger partial charge in [-0.05, 0) is 24.3 Å². The van der Waals surface area contributed by atoms with Crippen LogP contribution in [0.3, 0.4) is 0 Å². The average molecular weight is 431 g/mol. The fraction of sp³-hybridized carbons (Fsp3) is 0. The zero-order chi connectivity index (χ0) is 21.8. The van der Waals surface area contributed by atoms with Crippen LogP contribution in [0.25, 0.3) is 22.2 Å². The van der Waals surface area contributed by atoms with Gasteiger partial charge in [-0.1, -0.05) is 54.1 Å². The number of pyridine rings is 1. The van der Waals surface area contributed by atoms with E-state index in [1.165, 1.54) is 18.3 Å². The maximum atomic E-state index is 12.9. The van der Waals surface area contributed by atoms with Gasteiger partial charge >= 0.3 is 0 Å². The molecule has 0 atom stereocenters. The van der Waals surface area contributed by atoms with Crippen LogP contribution in [0.1, 0.15) is 15.9 Å². The van der Waals surface area contributed by atoms with Crippen molar-refractivity contribution in [1.82, 2.24) is 10.4 Å². The van der Waals surface area contributed by atoms with Gasteiger partial charge in [-0.3, -0.25) is 14.9 Å². The highest BCUT2D eigenvalue weighted by Gasteiger charge is 2.13. The summed E-state index contributed by atoms with van der Waals surface area (Å²) in [6, 6.07) is 22.2. The summed E-state index contributed by atoms with van der Waals surface area (Å²) in [6.45, 7) is 0. The zero-order valence-electron chi connectivity index (χ0n) is 16.0. The van der Waals surface area contributed by atoms with Gasteiger partial charge < -0.3 is 0 Å². The molecule has 0 aliphatic heterocycles. The summed E-state index contributed by atoms with van der Waals surface area (Å²) in [7, 11) is 0. The number of nitrogens with one attached hydrogen (secondary N) is 1. The van der Waals surface area contributed by atoms with Gasteiger partial charge in [0.05, 0.1) is 27.9 Å². The summed E-state index contributed by atoms with van der Waals surface area (Å²) in [5.74, 6) is -0.421. The third-order valence-electron chi connectivity index (χ3n) is 4.56. The number of nitro groups is 1. The van der Waals surface area contributed by atoms with Crippen molar-refractivity contribution in [1.29, 1.82) is 0 Å². The second kappa shape index (κ2) is 8.73. The molecule has 1 amide bonds. The van der Waals surface area contributed by atoms with Crippen molar-refractivity contribution in [3.8, 4) is 11.3 Å². The molecular weight excluding hydrogens is 416 g/mol. The third kappa shape index (κ3) is 4.57. The Morgan fingerprint density at radius 2 is 1.81 bits per heavy atom. The molecule has 0 bridgehead atoms. The number of benzene rings is 3. The van der Waals surface area contributed by atoms with Gasteiger partial charge in [0.25, 0.3) is 11.6 Å². The van der Waals surface area contributed by atoms with Crippen LogP contribution in [0.2, 0.25) is 5.02 Å². The fourth-order valence-corrected chi connectivity index (χ4v) is 3.20. The minimum Gasteiger partial charge on any atom is -0.267 e. The van der Waals surface area contributed by atoms with Crippen molar-refractivity contribution in [2.24, 2.45) is 5.10 Å². The van der Waals surface area contributed by atoms with E-state index in [1.54, 1.807) is 30.3 Å². The minimum absolute atomic E-state index is 0.0528. The predicted octanol–water partition coefficient (Wildman–Crippen LogP) is 5.23. The number of para-hydroxylation sites is 1. The molecular formula is C23H15ClN4O3. The molecule has 0 saturated carbocycles. The Bertz CT molecular complexity index is 1320. The molecule has 0 radical (unpaired) electrons. The molecule has 0 fully saturated rings. The zero-order valence-corrected chi connectivity index (χ0v) is 16.8. The largest absolute Gasteiger partial charge is 0.272 e. The topological polar surface area (TPSA) is 97.5 Å². The van der Waals surface area contributed by atoms with E-state index in [0.29, 0.717) is 32.7 Å². The number of amides is 1. The highest BCUT2D eigenvalue weighted by atomic mass is 35.5. The summed E-state index contributed by atoms with van der Waals surface area (Å²) >= 11 is 5.97. The Labute approximate surface area is 182 Å². The number of carbonyl (C=O) groups excluding carboxylic acids is 1. The molecule has 0 aliphatic rings. The lowest BCUT2D eigenvalue weighted by atomic mass is 10.0. The number of carbonyl (C=O) groups is 1. The maximum absolute atomic E-state index is 12.9. The van der Waals surface area contributed by atoms with Gasteiger partial charge in [-0.2, -0.15) is 5.10 Å². The Hall–Kier alpha value is -4.10. The molecule has 152 valence electrons. The number of rotatable bonds is 5. The summed E-state index contributed by atoms with van der Waals surface area (Å²) in [4.78, 5) is 27.9. The number of halogens is 1. The van der Waals surface area contributed by atoms with Crippen LogP contribution in [0.5, 0.6) is 0 Å². The fourth-order valence-electron chi connectivity index (χ4n) is 3.08. The molecule has 3 aromatic carbocycles. The summed E-state index contributed by atoms with van der Waals surface area (Å²) in [5.41, 5.74) is 5.46. The molecule has 0 aliphatic carbocycles. The Balaban J connectivity index is 1.65. The molecule has 1 heterocycles. The van der Waals surface area contributed by atoms with Gasteiger partial charge in [-0.25, -0.2) is 10.4 Å². The van der Waals surface area contributed by atoms with Crippen LogP contribution >= 0.6 is 11.6 Å².